The molecule has 1 aromatic carbocycles. The Morgan fingerprint density at radius 3 is 2.54 bits per heavy atom. The number of hydrogen-bond donors (Lipinski definition) is 4. The van der Waals surface area contributed by atoms with Gasteiger partial charge >= 0.3 is 17.8 Å². The van der Waals surface area contributed by atoms with Crippen molar-refractivity contribution in [3.05, 3.63) is 52.6 Å². The summed E-state index contributed by atoms with van der Waals surface area (Å²) in [6, 6.07) is 9.22. The maximum Gasteiger partial charge on any atom is 0.404 e. The second kappa shape index (κ2) is 11.8. The second-order valence-electron chi connectivity index (χ2n) is 8.97. The summed E-state index contributed by atoms with van der Waals surface area (Å²) in [6.07, 6.45) is 4.22. The van der Waals surface area contributed by atoms with Crippen LogP contribution in [0.5, 0.6) is 0 Å². The molecule has 3 amide bonds. The lowest BCUT2D eigenvalue weighted by Crippen LogP contribution is -2.48. The molecule has 4 N–H and O–H groups in total. The molecule has 1 aromatic heterocycles. The number of carbonyl (C=O) groups excluding carboxylic acids is 1. The highest BCUT2D eigenvalue weighted by molar-refractivity contribution is 5.88. The third-order valence-electron chi connectivity index (χ3n) is 6.52. The third-order valence-corrected chi connectivity index (χ3v) is 6.52. The standard InChI is InChI=1S/C24H33N7O4/c32-22(30-16-10-25-11-17-30)27-21-9-15-31(23(33)28-21)20-5-3-18(4-6-20)7-13-29-12-1-2-19(8-14-29)26-24(34)35/h3-6,9,15,19,25-26H,1-2,7-8,10-14,16-17H2,(H,34,35)(H,27,28,32,33). The number of benzene rings is 1. The highest BCUT2D eigenvalue weighted by atomic mass is 16.4. The molecule has 0 spiro atoms. The molecular weight excluding hydrogens is 450 g/mol. The van der Waals surface area contributed by atoms with Crippen molar-refractivity contribution in [1.29, 1.82) is 0 Å². The van der Waals surface area contributed by atoms with Crippen molar-refractivity contribution in [2.75, 3.05) is 51.1 Å². The van der Waals surface area contributed by atoms with Crippen LogP contribution in [-0.2, 0) is 6.42 Å². The van der Waals surface area contributed by atoms with Crippen LogP contribution in [-0.4, -0.2) is 88.4 Å². The van der Waals surface area contributed by atoms with E-state index in [2.05, 4.69) is 25.8 Å². The number of aromatic nitrogens is 2. The molecule has 2 fully saturated rings. The Kier molecular flexibility index (Phi) is 8.32. The highest BCUT2D eigenvalue weighted by Crippen LogP contribution is 2.14. The molecule has 1 unspecified atom stereocenters. The van der Waals surface area contributed by atoms with Crippen LogP contribution in [0.2, 0.25) is 0 Å². The molecule has 2 aliphatic heterocycles. The minimum Gasteiger partial charge on any atom is -0.465 e. The van der Waals surface area contributed by atoms with Crippen LogP contribution < -0.4 is 21.6 Å². The first-order valence-corrected chi connectivity index (χ1v) is 12.2. The van der Waals surface area contributed by atoms with Crippen LogP contribution in [0.4, 0.5) is 15.4 Å². The van der Waals surface area contributed by atoms with Crippen LogP contribution in [0.25, 0.3) is 5.69 Å². The number of carboxylic acid groups (broad SMARTS) is 1. The molecule has 1 atom stereocenters. The van der Waals surface area contributed by atoms with E-state index in [-0.39, 0.29) is 17.9 Å². The first kappa shape index (κ1) is 24.7. The summed E-state index contributed by atoms with van der Waals surface area (Å²) in [5.74, 6) is 0.240. The van der Waals surface area contributed by atoms with Crippen molar-refractivity contribution < 1.29 is 14.7 Å². The van der Waals surface area contributed by atoms with Gasteiger partial charge in [-0.25, -0.2) is 14.4 Å². The van der Waals surface area contributed by atoms with Crippen molar-refractivity contribution in [2.45, 2.75) is 31.7 Å². The van der Waals surface area contributed by atoms with Crippen LogP contribution in [0.15, 0.2) is 41.3 Å². The normalized spacial score (nSPS) is 19.1. The van der Waals surface area contributed by atoms with Crippen molar-refractivity contribution >= 4 is 17.9 Å². The maximum absolute atomic E-state index is 12.6. The minimum atomic E-state index is -0.951. The van der Waals surface area contributed by atoms with Crippen LogP contribution in [0.1, 0.15) is 24.8 Å². The number of nitrogens with one attached hydrogen (secondary N) is 3. The van der Waals surface area contributed by atoms with E-state index >= 15 is 0 Å². The van der Waals surface area contributed by atoms with Crippen molar-refractivity contribution in [2.24, 2.45) is 0 Å². The zero-order valence-corrected chi connectivity index (χ0v) is 19.8. The minimum absolute atomic E-state index is 0.0329. The summed E-state index contributed by atoms with van der Waals surface area (Å²) >= 11 is 0. The molecule has 2 aliphatic rings. The fourth-order valence-corrected chi connectivity index (χ4v) is 4.53. The topological polar surface area (TPSA) is 132 Å². The van der Waals surface area contributed by atoms with Gasteiger partial charge in [-0.15, -0.1) is 0 Å². The summed E-state index contributed by atoms with van der Waals surface area (Å²) in [5, 5.41) is 17.4. The highest BCUT2D eigenvalue weighted by Gasteiger charge is 2.19. The van der Waals surface area contributed by atoms with E-state index in [1.54, 1.807) is 17.2 Å². The van der Waals surface area contributed by atoms with Crippen LogP contribution >= 0.6 is 0 Å². The summed E-state index contributed by atoms with van der Waals surface area (Å²) in [6.45, 7) is 5.49. The average Bonchev–Trinajstić information content (AvgIpc) is 3.08. The molecule has 35 heavy (non-hydrogen) atoms. The fourth-order valence-electron chi connectivity index (χ4n) is 4.53. The number of piperazine rings is 1. The van der Waals surface area contributed by atoms with Gasteiger partial charge in [0.15, 0.2) is 0 Å². The average molecular weight is 484 g/mol. The van der Waals surface area contributed by atoms with Gasteiger partial charge in [-0.2, -0.15) is 4.98 Å². The summed E-state index contributed by atoms with van der Waals surface area (Å²) in [7, 11) is 0. The van der Waals surface area contributed by atoms with Crippen LogP contribution in [0.3, 0.4) is 0 Å². The lowest BCUT2D eigenvalue weighted by Gasteiger charge is -2.27. The van der Waals surface area contributed by atoms with Crippen molar-refractivity contribution in [1.82, 2.24) is 30.0 Å². The molecular formula is C24H33N7O4. The number of nitrogens with zero attached hydrogens (tertiary/aromatic N) is 4. The monoisotopic (exact) mass is 483 g/mol. The van der Waals surface area contributed by atoms with E-state index in [1.807, 2.05) is 24.3 Å². The Balaban J connectivity index is 1.30. The van der Waals surface area contributed by atoms with Crippen molar-refractivity contribution in [3.63, 3.8) is 0 Å². The lowest BCUT2D eigenvalue weighted by molar-refractivity contribution is 0.188. The quantitative estimate of drug-likeness (QED) is 0.487. The van der Waals surface area contributed by atoms with Gasteiger partial charge in [-0.1, -0.05) is 12.1 Å². The van der Waals surface area contributed by atoms with E-state index in [1.165, 1.54) is 10.1 Å². The Hall–Kier alpha value is -3.44. The molecule has 0 aliphatic carbocycles. The van der Waals surface area contributed by atoms with Gasteiger partial charge in [-0.05, 0) is 56.0 Å². The Bertz CT molecular complexity index is 1070. The summed E-state index contributed by atoms with van der Waals surface area (Å²) < 4.78 is 1.45. The largest absolute Gasteiger partial charge is 0.465 e. The van der Waals surface area contributed by atoms with Gasteiger partial charge in [0.05, 0.1) is 5.69 Å². The van der Waals surface area contributed by atoms with Crippen molar-refractivity contribution in [3.8, 4) is 5.69 Å². The first-order valence-electron chi connectivity index (χ1n) is 12.2. The predicted octanol–water partition coefficient (Wildman–Crippen LogP) is 1.33. The van der Waals surface area contributed by atoms with E-state index in [0.29, 0.717) is 18.8 Å². The third kappa shape index (κ3) is 7.03. The Morgan fingerprint density at radius 2 is 1.83 bits per heavy atom. The predicted molar refractivity (Wildman–Crippen MR) is 132 cm³/mol. The molecule has 11 heteroatoms. The number of carbonyl (C=O) groups is 2. The smallest absolute Gasteiger partial charge is 0.404 e. The van der Waals surface area contributed by atoms with E-state index < -0.39 is 11.8 Å². The molecule has 2 aromatic rings. The molecule has 11 nitrogen and oxygen atoms in total. The van der Waals surface area contributed by atoms with Gasteiger partial charge in [-0.3, -0.25) is 9.88 Å². The molecule has 2 saturated heterocycles. The molecule has 0 saturated carbocycles. The lowest BCUT2D eigenvalue weighted by atomic mass is 10.1. The number of hydrogen-bond acceptors (Lipinski definition) is 6. The van der Waals surface area contributed by atoms with Gasteiger partial charge in [0, 0.05) is 51.5 Å². The van der Waals surface area contributed by atoms with Gasteiger partial charge in [0.25, 0.3) is 0 Å². The first-order chi connectivity index (χ1) is 17.0. The Labute approximate surface area is 204 Å². The maximum atomic E-state index is 12.6. The molecule has 3 heterocycles. The summed E-state index contributed by atoms with van der Waals surface area (Å²) in [4.78, 5) is 43.9. The van der Waals surface area contributed by atoms with Gasteiger partial charge in [0.1, 0.15) is 5.82 Å². The number of anilines is 1. The second-order valence-corrected chi connectivity index (χ2v) is 8.97. The zero-order chi connectivity index (χ0) is 24.6. The number of likely N-dealkylation sites (tertiary alicyclic amines) is 1. The molecule has 4 rings (SSSR count). The molecule has 188 valence electrons. The van der Waals surface area contributed by atoms with E-state index in [0.717, 1.165) is 58.4 Å². The molecule has 0 bridgehead atoms. The zero-order valence-electron chi connectivity index (χ0n) is 19.8. The molecule has 0 radical (unpaired) electrons. The number of urea groups is 1. The van der Waals surface area contributed by atoms with E-state index in [9.17, 15) is 14.4 Å². The van der Waals surface area contributed by atoms with Gasteiger partial charge < -0.3 is 25.5 Å². The number of rotatable bonds is 6. The van der Waals surface area contributed by atoms with Crippen LogP contribution in [0, 0.1) is 0 Å². The Morgan fingerprint density at radius 1 is 1.06 bits per heavy atom. The SMILES string of the molecule is O=C(O)NC1CCCN(CCc2ccc(-n3ccc(NC(=O)N4CCNCC4)nc3=O)cc2)CC1. The van der Waals surface area contributed by atoms with E-state index in [4.69, 9.17) is 5.11 Å². The fraction of sp³-hybridized carbons (Fsp3) is 0.500. The number of amides is 3. The van der Waals surface area contributed by atoms with Gasteiger partial charge in [0.2, 0.25) is 0 Å². The summed E-state index contributed by atoms with van der Waals surface area (Å²) in [5.41, 5.74) is 1.42.